The van der Waals surface area contributed by atoms with Gasteiger partial charge in [0, 0.05) is 31.5 Å². The molecule has 5 rings (SSSR count). The normalized spacial score (nSPS) is 26.8. The highest BCUT2D eigenvalue weighted by Crippen LogP contribution is 2.32. The van der Waals surface area contributed by atoms with Gasteiger partial charge in [-0.2, -0.15) is 0 Å². The minimum absolute atomic E-state index is 0.627. The van der Waals surface area contributed by atoms with E-state index in [2.05, 4.69) is 31.0 Å². The molecule has 3 aliphatic rings. The highest BCUT2D eigenvalue weighted by atomic mass is 32.1. The van der Waals surface area contributed by atoms with Gasteiger partial charge in [0.05, 0.1) is 6.54 Å². The molecule has 2 aromatic heterocycles. The molecule has 2 aromatic rings. The van der Waals surface area contributed by atoms with E-state index in [1.807, 2.05) is 25.4 Å². The number of fused-ring (bicyclic) bond motifs is 3. The summed E-state index contributed by atoms with van der Waals surface area (Å²) in [5.74, 6) is 0.825. The van der Waals surface area contributed by atoms with Crippen LogP contribution in [0.2, 0.25) is 0 Å². The van der Waals surface area contributed by atoms with Gasteiger partial charge in [-0.1, -0.05) is 6.07 Å². The summed E-state index contributed by atoms with van der Waals surface area (Å²) in [6.07, 6.45) is 6.50. The fourth-order valence-electron chi connectivity index (χ4n) is 3.94. The summed E-state index contributed by atoms with van der Waals surface area (Å²) in [6, 6.07) is 4.83. The molecule has 3 fully saturated rings. The SMILES string of the molecule is Cc1nnc(CN(Cc2cccnc2)[C@@H]2CN3CCC2CC3)s1. The van der Waals surface area contributed by atoms with E-state index in [0.29, 0.717) is 6.04 Å². The van der Waals surface area contributed by atoms with E-state index in [9.17, 15) is 0 Å². The zero-order valence-electron chi connectivity index (χ0n) is 13.6. The van der Waals surface area contributed by atoms with Gasteiger partial charge in [-0.05, 0) is 50.4 Å². The summed E-state index contributed by atoms with van der Waals surface area (Å²) < 4.78 is 0. The number of piperidine rings is 3. The second kappa shape index (κ2) is 6.63. The molecule has 0 amide bonds. The Balaban J connectivity index is 1.55. The molecular weight excluding hydrogens is 306 g/mol. The standard InChI is InChI=1S/C17H23N5S/c1-13-19-20-17(23-13)12-22(10-14-3-2-6-18-9-14)16-11-21-7-4-15(16)5-8-21/h2-3,6,9,15-16H,4-5,7-8,10-12H2,1H3/t16-/m1/s1. The number of hydrogen-bond acceptors (Lipinski definition) is 6. The van der Waals surface area contributed by atoms with E-state index in [0.717, 1.165) is 29.0 Å². The van der Waals surface area contributed by atoms with Gasteiger partial charge in [-0.15, -0.1) is 21.5 Å². The van der Waals surface area contributed by atoms with Gasteiger partial charge in [0.1, 0.15) is 10.0 Å². The zero-order valence-corrected chi connectivity index (χ0v) is 14.4. The van der Waals surface area contributed by atoms with Gasteiger partial charge in [0.25, 0.3) is 0 Å². The van der Waals surface area contributed by atoms with E-state index in [-0.39, 0.29) is 0 Å². The van der Waals surface area contributed by atoms with E-state index in [1.165, 1.54) is 38.0 Å². The predicted octanol–water partition coefficient (Wildman–Crippen LogP) is 2.34. The molecule has 3 saturated heterocycles. The first-order chi connectivity index (χ1) is 11.3. The van der Waals surface area contributed by atoms with Crippen molar-refractivity contribution >= 4 is 11.3 Å². The molecule has 0 aromatic carbocycles. The number of aromatic nitrogens is 3. The molecule has 2 bridgehead atoms. The lowest BCUT2D eigenvalue weighted by Crippen LogP contribution is -2.56. The second-order valence-electron chi connectivity index (χ2n) is 6.69. The Morgan fingerprint density at radius 2 is 2.13 bits per heavy atom. The Labute approximate surface area is 141 Å². The molecule has 6 heteroatoms. The molecule has 0 spiro atoms. The van der Waals surface area contributed by atoms with E-state index in [1.54, 1.807) is 11.3 Å². The summed E-state index contributed by atoms with van der Waals surface area (Å²) in [5, 5.41) is 10.7. The minimum atomic E-state index is 0.627. The number of aryl methyl sites for hydroxylation is 1. The molecule has 0 radical (unpaired) electrons. The first-order valence-corrected chi connectivity index (χ1v) is 9.24. The summed E-state index contributed by atoms with van der Waals surface area (Å²) >= 11 is 1.72. The van der Waals surface area contributed by atoms with Gasteiger partial charge in [-0.25, -0.2) is 0 Å². The average Bonchev–Trinajstić information content (AvgIpc) is 3.01. The van der Waals surface area contributed by atoms with E-state index in [4.69, 9.17) is 0 Å². The van der Waals surface area contributed by atoms with Crippen LogP contribution in [0.3, 0.4) is 0 Å². The van der Waals surface area contributed by atoms with Gasteiger partial charge >= 0.3 is 0 Å². The van der Waals surface area contributed by atoms with Crippen molar-refractivity contribution in [3.8, 4) is 0 Å². The number of rotatable bonds is 5. The lowest BCUT2D eigenvalue weighted by molar-refractivity contribution is -0.00274. The van der Waals surface area contributed by atoms with Crippen LogP contribution in [0.1, 0.15) is 28.4 Å². The fourth-order valence-corrected chi connectivity index (χ4v) is 4.67. The smallest absolute Gasteiger partial charge is 0.131 e. The van der Waals surface area contributed by atoms with Crippen molar-refractivity contribution in [1.82, 2.24) is 25.0 Å². The van der Waals surface area contributed by atoms with Crippen LogP contribution < -0.4 is 0 Å². The Bertz CT molecular complexity index is 635. The maximum Gasteiger partial charge on any atom is 0.131 e. The molecule has 122 valence electrons. The Morgan fingerprint density at radius 3 is 2.74 bits per heavy atom. The zero-order chi connectivity index (χ0) is 15.6. The first-order valence-electron chi connectivity index (χ1n) is 8.42. The second-order valence-corrected chi connectivity index (χ2v) is 7.95. The molecule has 1 atom stereocenters. The lowest BCUT2D eigenvalue weighted by atomic mass is 9.83. The van der Waals surface area contributed by atoms with Crippen molar-refractivity contribution < 1.29 is 0 Å². The van der Waals surface area contributed by atoms with Gasteiger partial charge < -0.3 is 4.90 Å². The van der Waals surface area contributed by atoms with Crippen LogP contribution in [0, 0.1) is 12.8 Å². The van der Waals surface area contributed by atoms with Crippen LogP contribution in [-0.4, -0.2) is 50.7 Å². The highest BCUT2D eigenvalue weighted by molar-refractivity contribution is 7.11. The topological polar surface area (TPSA) is 45.2 Å². The third-order valence-electron chi connectivity index (χ3n) is 5.11. The van der Waals surface area contributed by atoms with Gasteiger partial charge in [0.15, 0.2) is 0 Å². The third kappa shape index (κ3) is 3.44. The molecule has 5 nitrogen and oxygen atoms in total. The molecule has 0 saturated carbocycles. The maximum absolute atomic E-state index is 4.35. The lowest BCUT2D eigenvalue weighted by Gasteiger charge is -2.49. The summed E-state index contributed by atoms with van der Waals surface area (Å²) in [6.45, 7) is 7.63. The molecule has 23 heavy (non-hydrogen) atoms. The van der Waals surface area contributed by atoms with Gasteiger partial charge in [-0.3, -0.25) is 9.88 Å². The average molecular weight is 329 g/mol. The van der Waals surface area contributed by atoms with E-state index < -0.39 is 0 Å². The van der Waals surface area contributed by atoms with Crippen LogP contribution in [-0.2, 0) is 13.1 Å². The Hall–Kier alpha value is -1.37. The van der Waals surface area contributed by atoms with Crippen LogP contribution >= 0.6 is 11.3 Å². The molecule has 0 N–H and O–H groups in total. The number of hydrogen-bond donors (Lipinski definition) is 0. The van der Waals surface area contributed by atoms with Crippen molar-refractivity contribution in [2.24, 2.45) is 5.92 Å². The number of nitrogens with zero attached hydrogens (tertiary/aromatic N) is 5. The quantitative estimate of drug-likeness (QED) is 0.842. The third-order valence-corrected chi connectivity index (χ3v) is 5.93. The predicted molar refractivity (Wildman–Crippen MR) is 91.1 cm³/mol. The summed E-state index contributed by atoms with van der Waals surface area (Å²) in [4.78, 5) is 9.50. The van der Waals surface area contributed by atoms with Crippen LogP contribution in [0.5, 0.6) is 0 Å². The molecule has 0 aliphatic carbocycles. The minimum Gasteiger partial charge on any atom is -0.302 e. The van der Waals surface area contributed by atoms with Crippen molar-refractivity contribution in [2.75, 3.05) is 19.6 Å². The van der Waals surface area contributed by atoms with Crippen LogP contribution in [0.15, 0.2) is 24.5 Å². The fraction of sp³-hybridized carbons (Fsp3) is 0.588. The first kappa shape index (κ1) is 15.2. The maximum atomic E-state index is 4.35. The van der Waals surface area contributed by atoms with Crippen LogP contribution in [0.25, 0.3) is 0 Å². The van der Waals surface area contributed by atoms with Crippen molar-refractivity contribution in [3.63, 3.8) is 0 Å². The molecule has 3 aliphatic heterocycles. The van der Waals surface area contributed by atoms with Crippen LogP contribution in [0.4, 0.5) is 0 Å². The molecular formula is C17H23N5S. The Morgan fingerprint density at radius 1 is 1.26 bits per heavy atom. The molecule has 0 unspecified atom stereocenters. The summed E-state index contributed by atoms with van der Waals surface area (Å²) in [5.41, 5.74) is 1.28. The summed E-state index contributed by atoms with van der Waals surface area (Å²) in [7, 11) is 0. The van der Waals surface area contributed by atoms with E-state index >= 15 is 0 Å². The monoisotopic (exact) mass is 329 g/mol. The van der Waals surface area contributed by atoms with Crippen molar-refractivity contribution in [2.45, 2.75) is 38.9 Å². The van der Waals surface area contributed by atoms with Gasteiger partial charge in [0.2, 0.25) is 0 Å². The highest BCUT2D eigenvalue weighted by Gasteiger charge is 2.37. The molecule has 5 heterocycles. The van der Waals surface area contributed by atoms with Crippen molar-refractivity contribution in [3.05, 3.63) is 40.1 Å². The Kier molecular flexibility index (Phi) is 4.37. The largest absolute Gasteiger partial charge is 0.302 e. The van der Waals surface area contributed by atoms with Crippen molar-refractivity contribution in [1.29, 1.82) is 0 Å². The number of pyridine rings is 1.